The van der Waals surface area contributed by atoms with Crippen molar-refractivity contribution in [1.82, 2.24) is 14.8 Å². The van der Waals surface area contributed by atoms with Crippen LogP contribution in [-0.2, 0) is 17.0 Å². The van der Waals surface area contributed by atoms with E-state index in [1.165, 1.54) is 12.3 Å². The van der Waals surface area contributed by atoms with E-state index in [-0.39, 0.29) is 17.4 Å². The summed E-state index contributed by atoms with van der Waals surface area (Å²) in [5.41, 5.74) is -0.601. The molecule has 2 heterocycles. The monoisotopic (exact) mass is 492 g/mol. The first-order valence-electron chi connectivity index (χ1n) is 11.2. The van der Waals surface area contributed by atoms with Crippen LogP contribution < -0.4 is 5.32 Å². The van der Waals surface area contributed by atoms with Crippen LogP contribution in [0.25, 0.3) is 10.9 Å². The van der Waals surface area contributed by atoms with Crippen molar-refractivity contribution in [2.75, 3.05) is 11.6 Å². The zero-order valence-corrected chi connectivity index (χ0v) is 20.0. The topological polar surface area (TPSA) is 76.9 Å². The zero-order chi connectivity index (χ0) is 24.6. The number of benzene rings is 1. The Morgan fingerprint density at radius 1 is 1.18 bits per heavy atom. The number of rotatable bonds is 5. The minimum Gasteiger partial charge on any atom is -0.320 e. The smallest absolute Gasteiger partial charge is 0.320 e. The minimum absolute atomic E-state index is 0.264. The van der Waals surface area contributed by atoms with Crippen molar-refractivity contribution in [3.63, 3.8) is 0 Å². The molecule has 3 aromatic rings. The number of pyridine rings is 1. The molecule has 1 atom stereocenters. The highest BCUT2D eigenvalue weighted by atomic mass is 32.2. The molecule has 34 heavy (non-hydrogen) atoms. The maximum atomic E-state index is 13.0. The average Bonchev–Trinajstić information content (AvgIpc) is 3.21. The number of nitrogens with zero attached hydrogens (tertiary/aromatic N) is 3. The molecule has 10 heteroatoms. The Labute approximate surface area is 198 Å². The fourth-order valence-electron chi connectivity index (χ4n) is 4.53. The molecule has 0 bridgehead atoms. The molecule has 1 unspecified atom stereocenters. The van der Waals surface area contributed by atoms with Gasteiger partial charge in [0.05, 0.1) is 32.9 Å². The number of carbonyl (C=O) groups is 1. The molecule has 1 saturated carbocycles. The van der Waals surface area contributed by atoms with Gasteiger partial charge in [-0.2, -0.15) is 18.3 Å². The van der Waals surface area contributed by atoms with Crippen molar-refractivity contribution in [1.29, 1.82) is 0 Å². The highest BCUT2D eigenvalue weighted by Gasteiger charge is 2.33. The summed E-state index contributed by atoms with van der Waals surface area (Å²) in [6.45, 7) is 4.51. The molecule has 1 aromatic carbocycles. The molecule has 0 radical (unpaired) electrons. The van der Waals surface area contributed by atoms with Crippen molar-refractivity contribution in [3.05, 3.63) is 47.9 Å². The number of halogens is 3. The molecule has 2 aromatic heterocycles. The average molecular weight is 493 g/mol. The number of hydrogen-bond donors (Lipinski definition) is 1. The number of nitrogens with one attached hydrogen (secondary N) is 1. The molecule has 0 aliphatic heterocycles. The van der Waals surface area contributed by atoms with E-state index < -0.39 is 28.6 Å². The van der Waals surface area contributed by atoms with E-state index >= 15 is 0 Å². The first-order chi connectivity index (χ1) is 16.0. The van der Waals surface area contributed by atoms with Crippen LogP contribution in [-0.4, -0.2) is 31.1 Å². The molecule has 0 spiro atoms. The third-order valence-electron chi connectivity index (χ3n) is 6.51. The third-order valence-corrected chi connectivity index (χ3v) is 7.47. The van der Waals surface area contributed by atoms with E-state index in [0.29, 0.717) is 16.3 Å². The quantitative estimate of drug-likeness (QED) is 0.486. The number of carbonyl (C=O) groups excluding carboxylic acids is 1. The van der Waals surface area contributed by atoms with E-state index in [9.17, 15) is 22.2 Å². The van der Waals surface area contributed by atoms with E-state index in [0.717, 1.165) is 49.1 Å². The van der Waals surface area contributed by atoms with Gasteiger partial charge in [0.2, 0.25) is 0 Å². The molecule has 1 aliphatic rings. The first-order valence-corrected chi connectivity index (χ1v) is 12.8. The van der Waals surface area contributed by atoms with Crippen LogP contribution in [0, 0.1) is 11.8 Å². The van der Waals surface area contributed by atoms with Gasteiger partial charge in [0.25, 0.3) is 5.91 Å². The van der Waals surface area contributed by atoms with Crippen LogP contribution in [0.1, 0.15) is 61.8 Å². The number of aromatic nitrogens is 3. The lowest BCUT2D eigenvalue weighted by Gasteiger charge is -2.30. The minimum atomic E-state index is -4.66. The molecule has 1 N–H and O–H groups in total. The normalized spacial score (nSPS) is 20.0. The largest absolute Gasteiger partial charge is 0.433 e. The number of anilines is 1. The van der Waals surface area contributed by atoms with Gasteiger partial charge in [0.15, 0.2) is 0 Å². The van der Waals surface area contributed by atoms with E-state index in [2.05, 4.69) is 24.1 Å². The van der Waals surface area contributed by atoms with E-state index in [1.807, 2.05) is 10.9 Å². The predicted molar refractivity (Wildman–Crippen MR) is 125 cm³/mol. The Kier molecular flexibility index (Phi) is 6.80. The molecular formula is C24H27F3N4O2S. The Hall–Kier alpha value is -2.75. The van der Waals surface area contributed by atoms with Crippen molar-refractivity contribution in [2.45, 2.75) is 56.6 Å². The highest BCUT2D eigenvalue weighted by Crippen LogP contribution is 2.37. The highest BCUT2D eigenvalue weighted by molar-refractivity contribution is 7.84. The summed E-state index contributed by atoms with van der Waals surface area (Å²) in [6, 6.07) is 6.75. The first kappa shape index (κ1) is 24.4. The van der Waals surface area contributed by atoms with Crippen LogP contribution in [0.15, 0.2) is 41.4 Å². The summed E-state index contributed by atoms with van der Waals surface area (Å²) < 4.78 is 53.3. The molecule has 6 nitrogen and oxygen atoms in total. The van der Waals surface area contributed by atoms with Crippen LogP contribution in [0.4, 0.5) is 18.9 Å². The lowest BCUT2D eigenvalue weighted by Crippen LogP contribution is -2.21. The SMILES string of the molecule is CC(C)C1CCC(n2cc3cc(NC(=O)c4cccc(C(F)(F)F)n4)c(S(C)=O)cc3n2)CC1. The zero-order valence-electron chi connectivity index (χ0n) is 19.2. The Balaban J connectivity index is 1.61. The van der Waals surface area contributed by atoms with E-state index in [1.54, 1.807) is 12.1 Å². The van der Waals surface area contributed by atoms with Gasteiger partial charge in [0.1, 0.15) is 11.4 Å². The maximum Gasteiger partial charge on any atom is 0.433 e. The second-order valence-corrected chi connectivity index (χ2v) is 10.5. The lowest BCUT2D eigenvalue weighted by molar-refractivity contribution is -0.141. The Bertz CT molecular complexity index is 1230. The maximum absolute atomic E-state index is 13.0. The van der Waals surface area contributed by atoms with Crippen molar-refractivity contribution in [3.8, 4) is 0 Å². The van der Waals surface area contributed by atoms with Crippen LogP contribution in [0.2, 0.25) is 0 Å². The van der Waals surface area contributed by atoms with Gasteiger partial charge in [-0.25, -0.2) is 4.98 Å². The number of alkyl halides is 3. The second kappa shape index (κ2) is 9.48. The molecule has 182 valence electrons. The summed E-state index contributed by atoms with van der Waals surface area (Å²) in [5, 5.41) is 8.04. The van der Waals surface area contributed by atoms with Crippen molar-refractivity contribution < 1.29 is 22.2 Å². The van der Waals surface area contributed by atoms with Crippen LogP contribution >= 0.6 is 0 Å². The van der Waals surface area contributed by atoms with Gasteiger partial charge in [-0.3, -0.25) is 13.7 Å². The standard InChI is InChI=1S/C24H27F3N4O2S/c1-14(2)15-7-9-17(10-8-15)31-13-16-11-20(21(34(3)33)12-19(16)30-31)29-23(32)18-5-4-6-22(28-18)24(25,26)27/h4-6,11-15,17H,7-10H2,1-3H3,(H,29,32). The molecule has 1 fully saturated rings. The fraction of sp³-hybridized carbons (Fsp3) is 0.458. The molecule has 1 aliphatic carbocycles. The Morgan fingerprint density at radius 3 is 2.50 bits per heavy atom. The van der Waals surface area contributed by atoms with E-state index in [4.69, 9.17) is 5.10 Å². The summed E-state index contributed by atoms with van der Waals surface area (Å²) in [6.07, 6.45) is 3.10. The van der Waals surface area contributed by atoms with Crippen LogP contribution in [0.5, 0.6) is 0 Å². The van der Waals surface area contributed by atoms with Crippen molar-refractivity contribution in [2.24, 2.45) is 11.8 Å². The van der Waals surface area contributed by atoms with Gasteiger partial charge >= 0.3 is 6.18 Å². The predicted octanol–water partition coefficient (Wildman–Crippen LogP) is 5.83. The van der Waals surface area contributed by atoms with Gasteiger partial charge in [0, 0.05) is 17.8 Å². The van der Waals surface area contributed by atoms with Crippen molar-refractivity contribution >= 4 is 33.3 Å². The molecular weight excluding hydrogens is 465 g/mol. The summed E-state index contributed by atoms with van der Waals surface area (Å²) in [5.74, 6) is 0.579. The molecule has 1 amide bonds. The van der Waals surface area contributed by atoms with Crippen LogP contribution in [0.3, 0.4) is 0 Å². The molecule has 4 rings (SSSR count). The van der Waals surface area contributed by atoms with Gasteiger partial charge < -0.3 is 5.32 Å². The fourth-order valence-corrected chi connectivity index (χ4v) is 5.23. The summed E-state index contributed by atoms with van der Waals surface area (Å²) in [4.78, 5) is 16.5. The summed E-state index contributed by atoms with van der Waals surface area (Å²) in [7, 11) is -1.46. The third kappa shape index (κ3) is 5.16. The van der Waals surface area contributed by atoms with Gasteiger partial charge in [-0.1, -0.05) is 19.9 Å². The Morgan fingerprint density at radius 2 is 1.88 bits per heavy atom. The number of fused-ring (bicyclic) bond motifs is 1. The lowest BCUT2D eigenvalue weighted by atomic mass is 9.80. The summed E-state index contributed by atoms with van der Waals surface area (Å²) >= 11 is 0. The second-order valence-electron chi connectivity index (χ2n) is 9.14. The number of hydrogen-bond acceptors (Lipinski definition) is 4. The van der Waals surface area contributed by atoms with Gasteiger partial charge in [-0.15, -0.1) is 0 Å². The molecule has 0 saturated heterocycles. The number of amides is 1. The van der Waals surface area contributed by atoms with Gasteiger partial charge in [-0.05, 0) is 61.8 Å².